The lowest BCUT2D eigenvalue weighted by Gasteiger charge is -2.16. The van der Waals surface area contributed by atoms with Crippen molar-refractivity contribution >= 4 is 22.9 Å². The van der Waals surface area contributed by atoms with Crippen LogP contribution in [0.2, 0.25) is 0 Å². The predicted octanol–water partition coefficient (Wildman–Crippen LogP) is -0.196. The van der Waals surface area contributed by atoms with Crippen molar-refractivity contribution in [3.8, 4) is 0 Å². The van der Waals surface area contributed by atoms with E-state index in [0.29, 0.717) is 23.5 Å². The number of carbonyl (C=O) groups is 1. The monoisotopic (exact) mass is 384 g/mol. The molecule has 4 rings (SSSR count). The van der Waals surface area contributed by atoms with Gasteiger partial charge >= 0.3 is 0 Å². The Morgan fingerprint density at radius 2 is 1.96 bits per heavy atom. The fourth-order valence-corrected chi connectivity index (χ4v) is 3.20. The Morgan fingerprint density at radius 3 is 2.71 bits per heavy atom. The molecule has 10 heteroatoms. The molecular formula is C18H20N6O4. The Kier molecular flexibility index (Phi) is 4.90. The maximum absolute atomic E-state index is 11.9. The summed E-state index contributed by atoms with van der Waals surface area (Å²) in [7, 11) is 1.43. The zero-order valence-corrected chi connectivity index (χ0v) is 15.1. The van der Waals surface area contributed by atoms with Gasteiger partial charge in [0.15, 0.2) is 29.3 Å². The average Bonchev–Trinajstić information content (AvgIpc) is 3.28. The smallest absolute Gasteiger partial charge is 0.251 e. The number of carbonyl (C=O) groups excluding carboxylic acids is 1. The number of nitrogens with one attached hydrogen (secondary N) is 2. The molecule has 0 radical (unpaired) electrons. The molecule has 3 heterocycles. The molecule has 0 spiro atoms. The lowest BCUT2D eigenvalue weighted by atomic mass is 10.1. The van der Waals surface area contributed by atoms with Crippen molar-refractivity contribution in [1.29, 1.82) is 0 Å². The van der Waals surface area contributed by atoms with Gasteiger partial charge < -0.3 is 25.6 Å². The van der Waals surface area contributed by atoms with E-state index < -0.39 is 30.4 Å². The number of aromatic nitrogens is 4. The minimum absolute atomic E-state index is 0.416. The van der Waals surface area contributed by atoms with Gasteiger partial charge in [0.05, 0.1) is 6.33 Å². The van der Waals surface area contributed by atoms with Crippen molar-refractivity contribution in [2.24, 2.45) is 0 Å². The maximum Gasteiger partial charge on any atom is 0.251 e. The van der Waals surface area contributed by atoms with Crippen molar-refractivity contribution in [3.63, 3.8) is 0 Å². The van der Waals surface area contributed by atoms with E-state index in [2.05, 4.69) is 25.6 Å². The molecule has 1 aliphatic heterocycles. The van der Waals surface area contributed by atoms with Gasteiger partial charge in [0, 0.05) is 13.6 Å². The molecule has 1 amide bonds. The Bertz CT molecular complexity index is 979. The van der Waals surface area contributed by atoms with Crippen LogP contribution in [0.3, 0.4) is 0 Å². The molecule has 4 unspecified atom stereocenters. The van der Waals surface area contributed by atoms with Gasteiger partial charge in [-0.2, -0.15) is 0 Å². The topological polar surface area (TPSA) is 134 Å². The van der Waals surface area contributed by atoms with Crippen molar-refractivity contribution in [3.05, 3.63) is 48.5 Å². The minimum atomic E-state index is -1.36. The third kappa shape index (κ3) is 3.17. The Balaban J connectivity index is 1.60. The quantitative estimate of drug-likeness (QED) is 0.475. The number of benzene rings is 1. The van der Waals surface area contributed by atoms with E-state index >= 15 is 0 Å². The van der Waals surface area contributed by atoms with Crippen LogP contribution in [-0.2, 0) is 16.1 Å². The van der Waals surface area contributed by atoms with E-state index in [1.165, 1.54) is 24.3 Å². The molecule has 28 heavy (non-hydrogen) atoms. The molecule has 0 aliphatic carbocycles. The lowest BCUT2D eigenvalue weighted by molar-refractivity contribution is -0.137. The highest BCUT2D eigenvalue weighted by atomic mass is 16.6. The van der Waals surface area contributed by atoms with Crippen molar-refractivity contribution in [1.82, 2.24) is 24.8 Å². The molecule has 4 atom stereocenters. The number of hydrogen-bond donors (Lipinski definition) is 4. The molecule has 1 aliphatic rings. The highest BCUT2D eigenvalue weighted by molar-refractivity contribution is 5.83. The van der Waals surface area contributed by atoms with E-state index in [0.717, 1.165) is 5.56 Å². The lowest BCUT2D eigenvalue weighted by Crippen LogP contribution is -2.41. The van der Waals surface area contributed by atoms with Gasteiger partial charge in [-0.1, -0.05) is 30.3 Å². The van der Waals surface area contributed by atoms with Crippen LogP contribution in [0, 0.1) is 0 Å². The van der Waals surface area contributed by atoms with Gasteiger partial charge in [-0.15, -0.1) is 0 Å². The van der Waals surface area contributed by atoms with Crippen molar-refractivity contribution in [2.45, 2.75) is 31.1 Å². The predicted molar refractivity (Wildman–Crippen MR) is 99.1 cm³/mol. The third-order valence-electron chi connectivity index (χ3n) is 4.68. The third-order valence-corrected chi connectivity index (χ3v) is 4.68. The van der Waals surface area contributed by atoms with Crippen LogP contribution in [0.5, 0.6) is 0 Å². The number of likely N-dealkylation sites (N-methyl/N-ethyl adjacent to an activating group) is 1. The first-order chi connectivity index (χ1) is 13.6. The summed E-state index contributed by atoms with van der Waals surface area (Å²) in [5.74, 6) is 0.0156. The Labute approximate surface area is 160 Å². The molecule has 1 saturated heterocycles. The summed E-state index contributed by atoms with van der Waals surface area (Å²) < 4.78 is 7.08. The largest absolute Gasteiger partial charge is 0.387 e. The SMILES string of the molecule is CNC(=O)C1OC(n2cnc3c(NCc4ccccc4)ncnc32)C(O)C1O. The summed E-state index contributed by atoms with van der Waals surface area (Å²) in [5.41, 5.74) is 1.99. The highest BCUT2D eigenvalue weighted by Crippen LogP contribution is 2.32. The van der Waals surface area contributed by atoms with E-state index in [4.69, 9.17) is 4.74 Å². The number of fused-ring (bicyclic) bond motifs is 1. The molecule has 2 aromatic heterocycles. The zero-order chi connectivity index (χ0) is 19.7. The fourth-order valence-electron chi connectivity index (χ4n) is 3.20. The number of rotatable bonds is 5. The van der Waals surface area contributed by atoms with E-state index in [9.17, 15) is 15.0 Å². The first kappa shape index (κ1) is 18.3. The number of amides is 1. The van der Waals surface area contributed by atoms with Gasteiger partial charge in [-0.3, -0.25) is 9.36 Å². The Hall–Kier alpha value is -3.08. The van der Waals surface area contributed by atoms with Crippen LogP contribution in [0.1, 0.15) is 11.8 Å². The maximum atomic E-state index is 11.9. The minimum Gasteiger partial charge on any atom is -0.387 e. The number of hydrogen-bond acceptors (Lipinski definition) is 8. The molecule has 4 N–H and O–H groups in total. The summed E-state index contributed by atoms with van der Waals surface area (Å²) in [6.45, 7) is 0.555. The Morgan fingerprint density at radius 1 is 1.18 bits per heavy atom. The molecule has 146 valence electrons. The van der Waals surface area contributed by atoms with Crippen LogP contribution in [0.4, 0.5) is 5.82 Å². The second kappa shape index (κ2) is 7.50. The number of aliphatic hydroxyl groups excluding tert-OH is 2. The van der Waals surface area contributed by atoms with Crippen molar-refractivity contribution in [2.75, 3.05) is 12.4 Å². The van der Waals surface area contributed by atoms with Crippen LogP contribution in [0.15, 0.2) is 43.0 Å². The standard InChI is InChI=1S/C18H20N6O4/c1-19-17(27)14-12(25)13(26)18(28-14)24-9-23-11-15(21-8-22-16(11)24)20-7-10-5-3-2-4-6-10/h2-6,8-9,12-14,18,25-26H,7H2,1H3,(H,19,27)(H,20,21,22). The van der Waals surface area contributed by atoms with Crippen molar-refractivity contribution < 1.29 is 19.7 Å². The molecule has 3 aromatic rings. The average molecular weight is 384 g/mol. The van der Waals surface area contributed by atoms with E-state index in [1.54, 1.807) is 0 Å². The summed E-state index contributed by atoms with van der Waals surface area (Å²) in [4.78, 5) is 24.6. The van der Waals surface area contributed by atoms with Crippen LogP contribution in [-0.4, -0.2) is 61.0 Å². The molecule has 0 bridgehead atoms. The van der Waals surface area contributed by atoms with Crippen LogP contribution >= 0.6 is 0 Å². The second-order valence-corrected chi connectivity index (χ2v) is 6.43. The highest BCUT2D eigenvalue weighted by Gasteiger charge is 2.47. The number of imidazole rings is 1. The summed E-state index contributed by atoms with van der Waals surface area (Å²) in [6, 6.07) is 9.84. The van der Waals surface area contributed by atoms with Gasteiger partial charge in [0.1, 0.15) is 18.5 Å². The van der Waals surface area contributed by atoms with E-state index in [-0.39, 0.29) is 0 Å². The van der Waals surface area contributed by atoms with E-state index in [1.807, 2.05) is 30.3 Å². The fraction of sp³-hybridized carbons (Fsp3) is 0.333. The first-order valence-electron chi connectivity index (χ1n) is 8.78. The normalized spacial score (nSPS) is 24.4. The van der Waals surface area contributed by atoms with Crippen LogP contribution < -0.4 is 10.6 Å². The number of aliphatic hydroxyl groups is 2. The van der Waals surface area contributed by atoms with Gasteiger partial charge in [0.25, 0.3) is 5.91 Å². The molecular weight excluding hydrogens is 364 g/mol. The van der Waals surface area contributed by atoms with Crippen LogP contribution in [0.25, 0.3) is 11.2 Å². The summed E-state index contributed by atoms with van der Waals surface area (Å²) >= 11 is 0. The first-order valence-corrected chi connectivity index (χ1v) is 8.78. The number of anilines is 1. The molecule has 1 fully saturated rings. The molecule has 10 nitrogen and oxygen atoms in total. The number of nitrogens with zero attached hydrogens (tertiary/aromatic N) is 4. The zero-order valence-electron chi connectivity index (χ0n) is 15.1. The molecule has 0 saturated carbocycles. The molecule has 1 aromatic carbocycles. The summed E-state index contributed by atoms with van der Waals surface area (Å²) in [5, 5.41) is 26.1. The van der Waals surface area contributed by atoms with Gasteiger partial charge in [-0.25, -0.2) is 15.0 Å². The van der Waals surface area contributed by atoms with Gasteiger partial charge in [-0.05, 0) is 5.56 Å². The second-order valence-electron chi connectivity index (χ2n) is 6.43. The number of ether oxygens (including phenoxy) is 1. The summed E-state index contributed by atoms with van der Waals surface area (Å²) in [6.07, 6.45) is -2.03. The van der Waals surface area contributed by atoms with Gasteiger partial charge in [0.2, 0.25) is 0 Å².